The van der Waals surface area contributed by atoms with Gasteiger partial charge in [-0.25, -0.2) is 0 Å². The maximum atomic E-state index is 12.6. The van der Waals surface area contributed by atoms with Crippen molar-refractivity contribution in [2.45, 2.75) is 456 Å². The first-order valence-electron chi connectivity index (χ1n) is 40.4. The molecule has 6 heteroatoms. The summed E-state index contributed by atoms with van der Waals surface area (Å²) < 4.78 is 5.51. The van der Waals surface area contributed by atoms with E-state index in [1.807, 2.05) is 6.08 Å². The van der Waals surface area contributed by atoms with Gasteiger partial charge in [0.2, 0.25) is 5.91 Å². The van der Waals surface area contributed by atoms with Crippen molar-refractivity contribution in [3.63, 3.8) is 0 Å². The Morgan fingerprint density at radius 3 is 0.888 bits per heavy atom. The zero-order chi connectivity index (χ0) is 64.2. The second-order valence-corrected chi connectivity index (χ2v) is 27.7. The number of hydrogen-bond acceptors (Lipinski definition) is 5. The summed E-state index contributed by atoms with van der Waals surface area (Å²) in [6, 6.07) is -0.630. The van der Waals surface area contributed by atoms with E-state index < -0.39 is 12.1 Å². The molecule has 0 rings (SSSR count). The van der Waals surface area contributed by atoms with Crippen LogP contribution < -0.4 is 5.32 Å². The van der Waals surface area contributed by atoms with E-state index >= 15 is 0 Å². The second kappa shape index (κ2) is 78.3. The number of carbonyl (C=O) groups is 2. The van der Waals surface area contributed by atoms with Crippen molar-refractivity contribution in [2.75, 3.05) is 13.2 Å². The van der Waals surface area contributed by atoms with E-state index in [-0.39, 0.29) is 18.5 Å². The number of unbranched alkanes of at least 4 members (excludes halogenated alkanes) is 59. The van der Waals surface area contributed by atoms with Crippen molar-refractivity contribution in [1.82, 2.24) is 5.32 Å². The molecule has 0 aliphatic heterocycles. The number of hydrogen-bond donors (Lipinski definition) is 3. The molecule has 0 aromatic heterocycles. The minimum Gasteiger partial charge on any atom is -0.466 e. The van der Waals surface area contributed by atoms with E-state index in [1.165, 1.54) is 366 Å². The van der Waals surface area contributed by atoms with Crippen molar-refractivity contribution in [2.24, 2.45) is 0 Å². The minimum atomic E-state index is -0.846. The van der Waals surface area contributed by atoms with Crippen LogP contribution in [0.3, 0.4) is 0 Å². The molecule has 0 saturated heterocycles. The average molecular weight is 1250 g/mol. The van der Waals surface area contributed by atoms with Crippen LogP contribution in [-0.2, 0) is 14.3 Å². The van der Waals surface area contributed by atoms with Gasteiger partial charge in [-0.3, -0.25) is 9.59 Å². The molecular weight excluding hydrogens is 1090 g/mol. The summed E-state index contributed by atoms with van der Waals surface area (Å²) in [5, 5.41) is 23.3. The van der Waals surface area contributed by atoms with Gasteiger partial charge in [0.15, 0.2) is 0 Å². The van der Waals surface area contributed by atoms with Gasteiger partial charge in [0.1, 0.15) is 0 Å². The third-order valence-electron chi connectivity index (χ3n) is 18.8. The standard InChI is InChI=1S/C83H157NO5/c1-3-5-7-9-11-13-15-17-19-21-23-24-25-33-36-40-43-47-51-55-59-63-67-71-75-81(86)80(79-85)84-82(87)76-72-68-64-60-56-52-48-44-41-37-34-31-29-27-26-28-30-32-35-38-42-46-50-54-58-62-66-70-74-78-89-83(88)77-73-69-65-61-57-53-49-45-39-22-20-18-16-14-12-10-8-6-4-2/h12,14,18,20,26,28,71,75,80-81,85-86H,3-11,13,15-17,19,21-25,27,29-70,72-74,76-79H2,1-2H3,(H,84,87)/b14-12-,20-18-,28-26-,75-71+. The largest absolute Gasteiger partial charge is 0.466 e. The number of esters is 1. The zero-order valence-corrected chi connectivity index (χ0v) is 60.2. The Morgan fingerprint density at radius 2 is 0.562 bits per heavy atom. The van der Waals surface area contributed by atoms with Crippen molar-refractivity contribution in [1.29, 1.82) is 0 Å². The molecule has 524 valence electrons. The van der Waals surface area contributed by atoms with Gasteiger partial charge in [0.25, 0.3) is 0 Å². The van der Waals surface area contributed by atoms with Crippen molar-refractivity contribution in [3.05, 3.63) is 48.6 Å². The summed E-state index contributed by atoms with van der Waals surface area (Å²) in [4.78, 5) is 24.7. The average Bonchev–Trinajstić information content (AvgIpc) is 3.56. The summed E-state index contributed by atoms with van der Waals surface area (Å²) in [5.74, 6) is -0.0495. The highest BCUT2D eigenvalue weighted by Gasteiger charge is 2.18. The molecule has 0 saturated carbocycles. The van der Waals surface area contributed by atoms with Crippen LogP contribution in [0.4, 0.5) is 0 Å². The summed E-state index contributed by atoms with van der Waals surface area (Å²) in [6.07, 6.45) is 104. The Morgan fingerprint density at radius 1 is 0.315 bits per heavy atom. The predicted molar refractivity (Wildman–Crippen MR) is 393 cm³/mol. The quantitative estimate of drug-likeness (QED) is 0.0320. The number of nitrogens with one attached hydrogen (secondary N) is 1. The second-order valence-electron chi connectivity index (χ2n) is 27.7. The molecule has 6 nitrogen and oxygen atoms in total. The fourth-order valence-corrected chi connectivity index (χ4v) is 12.7. The molecule has 0 radical (unpaired) electrons. The summed E-state index contributed by atoms with van der Waals surface area (Å²) in [5.41, 5.74) is 0. The predicted octanol–water partition coefficient (Wildman–Crippen LogP) is 26.8. The van der Waals surface area contributed by atoms with Crippen molar-refractivity contribution < 1.29 is 24.5 Å². The van der Waals surface area contributed by atoms with E-state index in [0.29, 0.717) is 19.4 Å². The van der Waals surface area contributed by atoms with Gasteiger partial charge in [-0.05, 0) is 89.9 Å². The molecule has 0 bridgehead atoms. The van der Waals surface area contributed by atoms with Crippen LogP contribution in [0.5, 0.6) is 0 Å². The lowest BCUT2D eigenvalue weighted by molar-refractivity contribution is -0.143. The maximum absolute atomic E-state index is 12.6. The Bertz CT molecular complexity index is 1490. The highest BCUT2D eigenvalue weighted by atomic mass is 16.5. The third kappa shape index (κ3) is 74.7. The summed E-state index contributed by atoms with van der Waals surface area (Å²) in [6.45, 7) is 4.92. The van der Waals surface area contributed by atoms with Gasteiger partial charge in [0, 0.05) is 12.8 Å². The van der Waals surface area contributed by atoms with Gasteiger partial charge in [0.05, 0.1) is 25.4 Å². The minimum absolute atomic E-state index is 0.0130. The van der Waals surface area contributed by atoms with Crippen LogP contribution >= 0.6 is 0 Å². The molecule has 1 amide bonds. The number of aliphatic hydroxyl groups excluding tert-OH is 2. The van der Waals surface area contributed by atoms with Gasteiger partial charge < -0.3 is 20.3 Å². The van der Waals surface area contributed by atoms with Crippen LogP contribution in [0, 0.1) is 0 Å². The van der Waals surface area contributed by atoms with E-state index in [2.05, 4.69) is 55.6 Å². The molecule has 0 aromatic carbocycles. The molecule has 3 N–H and O–H groups in total. The molecule has 0 fully saturated rings. The van der Waals surface area contributed by atoms with Gasteiger partial charge in [-0.1, -0.05) is 390 Å². The smallest absolute Gasteiger partial charge is 0.305 e. The van der Waals surface area contributed by atoms with Gasteiger partial charge >= 0.3 is 5.97 Å². The maximum Gasteiger partial charge on any atom is 0.305 e. The van der Waals surface area contributed by atoms with Crippen LogP contribution in [0.25, 0.3) is 0 Å². The van der Waals surface area contributed by atoms with E-state index in [0.717, 1.165) is 51.4 Å². The Balaban J connectivity index is 3.39. The van der Waals surface area contributed by atoms with Crippen LogP contribution in [-0.4, -0.2) is 47.4 Å². The molecule has 0 aliphatic carbocycles. The Labute approximate surface area is 556 Å². The molecule has 0 spiro atoms. The fourth-order valence-electron chi connectivity index (χ4n) is 12.7. The molecular formula is C83H157NO5. The first kappa shape index (κ1) is 86.8. The Hall–Kier alpha value is -2.18. The first-order chi connectivity index (χ1) is 44.0. The Kier molecular flexibility index (Phi) is 76.3. The van der Waals surface area contributed by atoms with Crippen LogP contribution in [0.15, 0.2) is 48.6 Å². The highest BCUT2D eigenvalue weighted by molar-refractivity contribution is 5.76. The molecule has 0 aromatic rings. The van der Waals surface area contributed by atoms with Crippen LogP contribution in [0.2, 0.25) is 0 Å². The lowest BCUT2D eigenvalue weighted by atomic mass is 10.0. The third-order valence-corrected chi connectivity index (χ3v) is 18.8. The van der Waals surface area contributed by atoms with E-state index in [9.17, 15) is 19.8 Å². The zero-order valence-electron chi connectivity index (χ0n) is 60.2. The molecule has 2 unspecified atom stereocenters. The van der Waals surface area contributed by atoms with Gasteiger partial charge in [-0.2, -0.15) is 0 Å². The first-order valence-corrected chi connectivity index (χ1v) is 40.4. The van der Waals surface area contributed by atoms with E-state index in [4.69, 9.17) is 4.74 Å². The number of ether oxygens (including phenoxy) is 1. The topological polar surface area (TPSA) is 95.9 Å². The molecule has 0 aliphatic rings. The highest BCUT2D eigenvalue weighted by Crippen LogP contribution is 2.19. The lowest BCUT2D eigenvalue weighted by Gasteiger charge is -2.20. The SMILES string of the molecule is CCCCC/C=C\C/C=C\CCCCCCCCCCCC(=O)OCCCCCCCCCCCCCC/C=C\CCCCCCCCCCCCCCCC(=O)NC(CO)C(O)/C=C/CCCCCCCCCCCCCCCCCCCCCCCC. The summed E-state index contributed by atoms with van der Waals surface area (Å²) in [7, 11) is 0. The number of amides is 1. The monoisotopic (exact) mass is 1250 g/mol. The molecule has 89 heavy (non-hydrogen) atoms. The van der Waals surface area contributed by atoms with Crippen molar-refractivity contribution >= 4 is 11.9 Å². The molecule has 0 heterocycles. The normalized spacial score (nSPS) is 12.7. The number of carbonyl (C=O) groups excluding carboxylic acids is 2. The van der Waals surface area contributed by atoms with Gasteiger partial charge in [-0.15, -0.1) is 0 Å². The van der Waals surface area contributed by atoms with Crippen LogP contribution in [0.1, 0.15) is 444 Å². The lowest BCUT2D eigenvalue weighted by Crippen LogP contribution is -2.45. The number of aliphatic hydroxyl groups is 2. The van der Waals surface area contributed by atoms with Crippen molar-refractivity contribution in [3.8, 4) is 0 Å². The van der Waals surface area contributed by atoms with E-state index in [1.54, 1.807) is 6.08 Å². The number of allylic oxidation sites excluding steroid dienone is 7. The summed E-state index contributed by atoms with van der Waals surface area (Å²) >= 11 is 0. The molecule has 2 atom stereocenters. The fraction of sp³-hybridized carbons (Fsp3) is 0.880. The number of rotatable bonds is 76.